The van der Waals surface area contributed by atoms with Crippen LogP contribution in [0.25, 0.3) is 0 Å². The minimum atomic E-state index is 0.396. The molecule has 0 saturated carbocycles. The predicted octanol–water partition coefficient (Wildman–Crippen LogP) is 3.13. The van der Waals surface area contributed by atoms with Crippen LogP contribution in [0.2, 0.25) is 0 Å². The summed E-state index contributed by atoms with van der Waals surface area (Å²) in [4.78, 5) is 2.46. The molecular formula is C15H17N3S. The van der Waals surface area contributed by atoms with Crippen molar-refractivity contribution in [1.82, 2.24) is 0 Å². The van der Waals surface area contributed by atoms with Crippen LogP contribution < -0.4 is 16.0 Å². The van der Waals surface area contributed by atoms with Crippen molar-refractivity contribution in [1.29, 1.82) is 0 Å². The number of benzene rings is 2. The Balaban J connectivity index is 2.24. The zero-order valence-electron chi connectivity index (χ0n) is 11.1. The van der Waals surface area contributed by atoms with Crippen LogP contribution in [-0.2, 0) is 0 Å². The Hall–Kier alpha value is -2.07. The summed E-state index contributed by atoms with van der Waals surface area (Å²) in [6.45, 7) is 0. The van der Waals surface area contributed by atoms with Gasteiger partial charge in [-0.25, -0.2) is 0 Å². The fourth-order valence-electron chi connectivity index (χ4n) is 1.81. The molecule has 4 heteroatoms. The van der Waals surface area contributed by atoms with Crippen molar-refractivity contribution >= 4 is 34.3 Å². The average molecular weight is 271 g/mol. The standard InChI is InChI=1S/C15H17N3S/c1-18(2)12-9-7-11(8-10-12)17-14-6-4-3-5-13(14)15(16)19/h3-10,17H,1-2H3,(H2,16,19). The van der Waals surface area contributed by atoms with Crippen molar-refractivity contribution in [3.63, 3.8) is 0 Å². The number of anilines is 3. The largest absolute Gasteiger partial charge is 0.389 e. The normalized spacial score (nSPS) is 10.0. The third kappa shape index (κ3) is 3.23. The fourth-order valence-corrected chi connectivity index (χ4v) is 1.98. The number of hydrogen-bond donors (Lipinski definition) is 2. The molecule has 98 valence electrons. The van der Waals surface area contributed by atoms with Gasteiger partial charge in [0.05, 0.1) is 0 Å². The van der Waals surface area contributed by atoms with Gasteiger partial charge < -0.3 is 16.0 Å². The van der Waals surface area contributed by atoms with E-state index in [2.05, 4.69) is 22.3 Å². The molecule has 0 aromatic heterocycles. The summed E-state index contributed by atoms with van der Waals surface area (Å²) in [6.07, 6.45) is 0. The molecule has 0 fully saturated rings. The lowest BCUT2D eigenvalue weighted by Gasteiger charge is -2.14. The summed E-state index contributed by atoms with van der Waals surface area (Å²) in [6, 6.07) is 16.0. The van der Waals surface area contributed by atoms with Crippen molar-refractivity contribution in [2.75, 3.05) is 24.3 Å². The summed E-state index contributed by atoms with van der Waals surface area (Å²) in [7, 11) is 4.04. The quantitative estimate of drug-likeness (QED) is 0.838. The van der Waals surface area contributed by atoms with Crippen molar-refractivity contribution in [2.45, 2.75) is 0 Å². The van der Waals surface area contributed by atoms with Crippen molar-refractivity contribution < 1.29 is 0 Å². The van der Waals surface area contributed by atoms with Crippen LogP contribution in [0.15, 0.2) is 48.5 Å². The second-order valence-electron chi connectivity index (χ2n) is 4.48. The van der Waals surface area contributed by atoms with E-state index in [4.69, 9.17) is 18.0 Å². The first-order valence-electron chi connectivity index (χ1n) is 6.01. The van der Waals surface area contributed by atoms with Gasteiger partial charge >= 0.3 is 0 Å². The summed E-state index contributed by atoms with van der Waals surface area (Å²) in [5.74, 6) is 0. The van der Waals surface area contributed by atoms with Crippen LogP contribution in [0.5, 0.6) is 0 Å². The number of nitrogens with one attached hydrogen (secondary N) is 1. The van der Waals surface area contributed by atoms with Gasteiger partial charge in [0.2, 0.25) is 0 Å². The molecule has 0 aliphatic rings. The van der Waals surface area contributed by atoms with Crippen molar-refractivity contribution in [2.24, 2.45) is 5.73 Å². The maximum Gasteiger partial charge on any atom is 0.106 e. The summed E-state index contributed by atoms with van der Waals surface area (Å²) in [5, 5.41) is 3.33. The van der Waals surface area contributed by atoms with Gasteiger partial charge in [-0.2, -0.15) is 0 Å². The predicted molar refractivity (Wildman–Crippen MR) is 86.4 cm³/mol. The third-order valence-electron chi connectivity index (χ3n) is 2.86. The average Bonchev–Trinajstić information content (AvgIpc) is 2.39. The Morgan fingerprint density at radius 2 is 1.68 bits per heavy atom. The number of thiocarbonyl (C=S) groups is 1. The van der Waals surface area contributed by atoms with E-state index in [1.807, 2.05) is 50.5 Å². The zero-order valence-corrected chi connectivity index (χ0v) is 11.9. The Bertz CT molecular complexity index is 576. The molecule has 0 aliphatic heterocycles. The number of rotatable bonds is 4. The molecular weight excluding hydrogens is 254 g/mol. The van der Waals surface area contributed by atoms with Gasteiger partial charge in [0, 0.05) is 36.7 Å². The Kier molecular flexibility index (Phi) is 4.02. The van der Waals surface area contributed by atoms with Crippen molar-refractivity contribution in [3.8, 4) is 0 Å². The lowest BCUT2D eigenvalue weighted by Crippen LogP contribution is -2.11. The first kappa shape index (κ1) is 13.4. The monoisotopic (exact) mass is 271 g/mol. The van der Waals surface area contributed by atoms with Crippen LogP contribution in [-0.4, -0.2) is 19.1 Å². The van der Waals surface area contributed by atoms with Crippen LogP contribution >= 0.6 is 12.2 Å². The second-order valence-corrected chi connectivity index (χ2v) is 4.92. The van der Waals surface area contributed by atoms with Gasteiger partial charge in [-0.1, -0.05) is 24.4 Å². The molecule has 0 spiro atoms. The lowest BCUT2D eigenvalue weighted by molar-refractivity contribution is 1.13. The molecule has 3 nitrogen and oxygen atoms in total. The molecule has 2 rings (SSSR count). The fraction of sp³-hybridized carbons (Fsp3) is 0.133. The summed E-state index contributed by atoms with van der Waals surface area (Å²) >= 11 is 5.05. The molecule has 0 heterocycles. The van der Waals surface area contributed by atoms with E-state index in [0.717, 1.165) is 22.6 Å². The van der Waals surface area contributed by atoms with E-state index in [1.54, 1.807) is 0 Å². The van der Waals surface area contributed by atoms with E-state index >= 15 is 0 Å². The topological polar surface area (TPSA) is 41.3 Å². The molecule has 0 unspecified atom stereocenters. The number of hydrogen-bond acceptors (Lipinski definition) is 3. The van der Waals surface area contributed by atoms with Crippen LogP contribution in [0, 0.1) is 0 Å². The van der Waals surface area contributed by atoms with Crippen LogP contribution in [0.3, 0.4) is 0 Å². The molecule has 2 aromatic rings. The van der Waals surface area contributed by atoms with Crippen LogP contribution in [0.4, 0.5) is 17.1 Å². The molecule has 2 aromatic carbocycles. The zero-order chi connectivity index (χ0) is 13.8. The highest BCUT2D eigenvalue weighted by Gasteiger charge is 2.04. The van der Waals surface area contributed by atoms with E-state index in [9.17, 15) is 0 Å². The Labute approximate surface area is 119 Å². The summed E-state index contributed by atoms with van der Waals surface area (Å²) < 4.78 is 0. The Morgan fingerprint density at radius 1 is 1.05 bits per heavy atom. The number of para-hydroxylation sites is 1. The highest BCUT2D eigenvalue weighted by Crippen LogP contribution is 2.22. The molecule has 0 bridgehead atoms. The first-order chi connectivity index (χ1) is 9.08. The molecule has 0 amide bonds. The third-order valence-corrected chi connectivity index (χ3v) is 3.08. The van der Waals surface area contributed by atoms with Gasteiger partial charge in [-0.15, -0.1) is 0 Å². The second kappa shape index (κ2) is 5.71. The Morgan fingerprint density at radius 3 is 2.26 bits per heavy atom. The maximum atomic E-state index is 5.72. The smallest absolute Gasteiger partial charge is 0.106 e. The van der Waals surface area contributed by atoms with Gasteiger partial charge in [-0.3, -0.25) is 0 Å². The number of nitrogens with two attached hydrogens (primary N) is 1. The van der Waals surface area contributed by atoms with Crippen molar-refractivity contribution in [3.05, 3.63) is 54.1 Å². The SMILES string of the molecule is CN(C)c1ccc(Nc2ccccc2C(N)=S)cc1. The van der Waals surface area contributed by atoms with E-state index in [-0.39, 0.29) is 0 Å². The minimum Gasteiger partial charge on any atom is -0.389 e. The molecule has 0 atom stereocenters. The lowest BCUT2D eigenvalue weighted by atomic mass is 10.1. The van der Waals surface area contributed by atoms with E-state index in [1.165, 1.54) is 0 Å². The molecule has 0 saturated heterocycles. The molecule has 0 radical (unpaired) electrons. The first-order valence-corrected chi connectivity index (χ1v) is 6.42. The van der Waals surface area contributed by atoms with E-state index < -0.39 is 0 Å². The van der Waals surface area contributed by atoms with Gasteiger partial charge in [0.25, 0.3) is 0 Å². The minimum absolute atomic E-state index is 0.396. The van der Waals surface area contributed by atoms with E-state index in [0.29, 0.717) is 4.99 Å². The number of nitrogens with zero attached hydrogens (tertiary/aromatic N) is 1. The van der Waals surface area contributed by atoms with Gasteiger partial charge in [-0.05, 0) is 36.4 Å². The molecule has 3 N–H and O–H groups in total. The van der Waals surface area contributed by atoms with Gasteiger partial charge in [0.15, 0.2) is 0 Å². The highest BCUT2D eigenvalue weighted by molar-refractivity contribution is 7.80. The highest BCUT2D eigenvalue weighted by atomic mass is 32.1. The van der Waals surface area contributed by atoms with Gasteiger partial charge in [0.1, 0.15) is 4.99 Å². The molecule has 19 heavy (non-hydrogen) atoms. The van der Waals surface area contributed by atoms with Crippen LogP contribution in [0.1, 0.15) is 5.56 Å². The maximum absolute atomic E-state index is 5.72. The molecule has 0 aliphatic carbocycles. The summed E-state index contributed by atoms with van der Waals surface area (Å²) in [5.41, 5.74) is 9.67.